The average molecular weight is 271 g/mol. The number of aryl methyl sites for hydroxylation is 2. The highest BCUT2D eigenvalue weighted by Gasteiger charge is 2.19. The Morgan fingerprint density at radius 1 is 1.44 bits per heavy atom. The monoisotopic (exact) mass is 271 g/mol. The van der Waals surface area contributed by atoms with E-state index in [1.54, 1.807) is 11.8 Å². The molecule has 0 fully saturated rings. The van der Waals surface area contributed by atoms with Crippen LogP contribution in [0.2, 0.25) is 0 Å². The molecule has 0 amide bonds. The summed E-state index contributed by atoms with van der Waals surface area (Å²) in [7, 11) is 0. The molecule has 1 aromatic rings. The topological polar surface area (TPSA) is 50.1 Å². The van der Waals surface area contributed by atoms with E-state index in [1.807, 2.05) is 24.8 Å². The van der Waals surface area contributed by atoms with Gasteiger partial charge in [0.05, 0.1) is 11.3 Å². The lowest BCUT2D eigenvalue weighted by Gasteiger charge is -2.22. The van der Waals surface area contributed by atoms with Gasteiger partial charge in [-0.15, -0.1) is 0 Å². The van der Waals surface area contributed by atoms with Crippen LogP contribution in [-0.2, 0) is 13.1 Å². The first-order valence-electron chi connectivity index (χ1n) is 6.36. The Morgan fingerprint density at radius 2 is 2.11 bits per heavy atom. The van der Waals surface area contributed by atoms with Crippen LogP contribution in [0.5, 0.6) is 0 Å². The molecule has 4 nitrogen and oxygen atoms in total. The largest absolute Gasteiger partial charge is 0.388 e. The van der Waals surface area contributed by atoms with Crippen molar-refractivity contribution in [1.82, 2.24) is 15.1 Å². The van der Waals surface area contributed by atoms with Crippen molar-refractivity contribution in [3.63, 3.8) is 0 Å². The SMILES string of the molecule is CCn1nc(C)c(CNCC(C)(O)CSC)c1C. The number of hydrogen-bond acceptors (Lipinski definition) is 4. The van der Waals surface area contributed by atoms with Crippen LogP contribution < -0.4 is 5.32 Å². The second-order valence-electron chi connectivity index (χ2n) is 5.00. The van der Waals surface area contributed by atoms with E-state index in [0.29, 0.717) is 6.54 Å². The zero-order valence-electron chi connectivity index (χ0n) is 12.1. The molecule has 1 atom stereocenters. The number of rotatable bonds is 7. The van der Waals surface area contributed by atoms with Gasteiger partial charge in [-0.3, -0.25) is 4.68 Å². The zero-order chi connectivity index (χ0) is 13.8. The summed E-state index contributed by atoms with van der Waals surface area (Å²) in [5, 5.41) is 17.9. The molecule has 1 aromatic heterocycles. The molecule has 1 unspecified atom stereocenters. The molecule has 0 aliphatic heterocycles. The molecule has 0 aliphatic carbocycles. The minimum atomic E-state index is -0.651. The van der Waals surface area contributed by atoms with Crippen molar-refractivity contribution < 1.29 is 5.11 Å². The van der Waals surface area contributed by atoms with Crippen molar-refractivity contribution in [2.45, 2.75) is 46.4 Å². The second-order valence-corrected chi connectivity index (χ2v) is 5.86. The molecule has 0 aromatic carbocycles. The fourth-order valence-corrected chi connectivity index (χ4v) is 2.84. The Bertz CT molecular complexity index is 388. The van der Waals surface area contributed by atoms with Crippen LogP contribution in [0.15, 0.2) is 0 Å². The maximum Gasteiger partial charge on any atom is 0.0833 e. The molecule has 0 saturated carbocycles. The van der Waals surface area contributed by atoms with E-state index < -0.39 is 5.60 Å². The van der Waals surface area contributed by atoms with Gasteiger partial charge in [-0.2, -0.15) is 16.9 Å². The van der Waals surface area contributed by atoms with E-state index >= 15 is 0 Å². The zero-order valence-corrected chi connectivity index (χ0v) is 12.9. The fraction of sp³-hybridized carbons (Fsp3) is 0.769. The summed E-state index contributed by atoms with van der Waals surface area (Å²) < 4.78 is 2.02. The number of nitrogens with one attached hydrogen (secondary N) is 1. The highest BCUT2D eigenvalue weighted by molar-refractivity contribution is 7.98. The Labute approximate surface area is 114 Å². The number of hydrogen-bond donors (Lipinski definition) is 2. The Morgan fingerprint density at radius 3 is 2.61 bits per heavy atom. The van der Waals surface area contributed by atoms with Crippen LogP contribution in [0.4, 0.5) is 0 Å². The van der Waals surface area contributed by atoms with Crippen LogP contribution in [-0.4, -0.2) is 39.0 Å². The minimum absolute atomic E-state index is 0.601. The van der Waals surface area contributed by atoms with Gasteiger partial charge in [-0.25, -0.2) is 0 Å². The lowest BCUT2D eigenvalue weighted by Crippen LogP contribution is -2.39. The lowest BCUT2D eigenvalue weighted by molar-refractivity contribution is 0.0845. The summed E-state index contributed by atoms with van der Waals surface area (Å²) in [5.41, 5.74) is 2.89. The summed E-state index contributed by atoms with van der Waals surface area (Å²) in [6.07, 6.45) is 2.01. The Balaban J connectivity index is 2.56. The normalized spacial score (nSPS) is 14.8. The Kier molecular flexibility index (Phi) is 5.69. The van der Waals surface area contributed by atoms with Gasteiger partial charge in [-0.05, 0) is 34.0 Å². The third-order valence-corrected chi connectivity index (χ3v) is 4.00. The predicted molar refractivity (Wildman–Crippen MR) is 78.1 cm³/mol. The van der Waals surface area contributed by atoms with E-state index in [9.17, 15) is 5.11 Å². The first-order valence-corrected chi connectivity index (χ1v) is 7.75. The van der Waals surface area contributed by atoms with Gasteiger partial charge >= 0.3 is 0 Å². The molecule has 104 valence electrons. The summed E-state index contributed by atoms with van der Waals surface area (Å²) in [6, 6.07) is 0. The van der Waals surface area contributed by atoms with Crippen molar-refractivity contribution in [2.24, 2.45) is 0 Å². The van der Waals surface area contributed by atoms with Crippen molar-refractivity contribution in [3.05, 3.63) is 17.0 Å². The smallest absolute Gasteiger partial charge is 0.0833 e. The summed E-state index contributed by atoms with van der Waals surface area (Å²) in [5.74, 6) is 0.742. The fourth-order valence-electron chi connectivity index (χ4n) is 2.12. The summed E-state index contributed by atoms with van der Waals surface area (Å²) in [4.78, 5) is 0. The van der Waals surface area contributed by atoms with Crippen LogP contribution >= 0.6 is 11.8 Å². The molecule has 0 aliphatic rings. The third kappa shape index (κ3) is 4.00. The molecule has 0 spiro atoms. The second kappa shape index (κ2) is 6.59. The minimum Gasteiger partial charge on any atom is -0.388 e. The predicted octanol–water partition coefficient (Wildman–Crippen LogP) is 1.72. The van der Waals surface area contributed by atoms with Gasteiger partial charge in [0, 0.05) is 36.6 Å². The van der Waals surface area contributed by atoms with Gasteiger partial charge in [0.15, 0.2) is 0 Å². The molecule has 2 N–H and O–H groups in total. The standard InChI is InChI=1S/C13H25N3OS/c1-6-16-11(3)12(10(2)15-16)7-14-8-13(4,17)9-18-5/h14,17H,6-9H2,1-5H3. The first-order chi connectivity index (χ1) is 8.41. The van der Waals surface area contributed by atoms with Crippen molar-refractivity contribution >= 4 is 11.8 Å². The van der Waals surface area contributed by atoms with Gasteiger partial charge in [-0.1, -0.05) is 0 Å². The first kappa shape index (κ1) is 15.5. The molecule has 5 heteroatoms. The quantitative estimate of drug-likeness (QED) is 0.793. The number of thioether (sulfide) groups is 1. The molecule has 1 rings (SSSR count). The van der Waals surface area contributed by atoms with Crippen molar-refractivity contribution in [3.8, 4) is 0 Å². The molecule has 0 saturated heterocycles. The van der Waals surface area contributed by atoms with Crippen LogP contribution in [0, 0.1) is 13.8 Å². The number of aliphatic hydroxyl groups is 1. The number of aromatic nitrogens is 2. The third-order valence-electron chi connectivity index (χ3n) is 3.09. The van der Waals surface area contributed by atoms with E-state index in [4.69, 9.17) is 0 Å². The average Bonchev–Trinajstić information content (AvgIpc) is 2.55. The molecular formula is C13H25N3OS. The van der Waals surface area contributed by atoms with E-state index in [-0.39, 0.29) is 0 Å². The Hall–Kier alpha value is -0.520. The van der Waals surface area contributed by atoms with Crippen molar-refractivity contribution in [1.29, 1.82) is 0 Å². The van der Waals surface area contributed by atoms with Crippen LogP contribution in [0.3, 0.4) is 0 Å². The highest BCUT2D eigenvalue weighted by Crippen LogP contribution is 2.14. The van der Waals surface area contributed by atoms with Gasteiger partial charge < -0.3 is 10.4 Å². The number of nitrogens with zero attached hydrogens (tertiary/aromatic N) is 2. The molecule has 1 heterocycles. The maximum absolute atomic E-state index is 10.1. The molecule has 0 bridgehead atoms. The van der Waals surface area contributed by atoms with Gasteiger partial charge in [0.25, 0.3) is 0 Å². The van der Waals surface area contributed by atoms with Crippen molar-refractivity contribution in [2.75, 3.05) is 18.6 Å². The molecule has 18 heavy (non-hydrogen) atoms. The summed E-state index contributed by atoms with van der Waals surface area (Å²) >= 11 is 1.66. The van der Waals surface area contributed by atoms with Gasteiger partial charge in [0.1, 0.15) is 0 Å². The summed E-state index contributed by atoms with van der Waals surface area (Å²) in [6.45, 7) is 10.4. The maximum atomic E-state index is 10.1. The van der Waals surface area contributed by atoms with Crippen LogP contribution in [0.1, 0.15) is 30.8 Å². The lowest BCUT2D eigenvalue weighted by atomic mass is 10.1. The van der Waals surface area contributed by atoms with Crippen LogP contribution in [0.25, 0.3) is 0 Å². The molecule has 0 radical (unpaired) electrons. The van der Waals surface area contributed by atoms with Gasteiger partial charge in [0.2, 0.25) is 0 Å². The highest BCUT2D eigenvalue weighted by atomic mass is 32.2. The van der Waals surface area contributed by atoms with E-state index in [1.165, 1.54) is 11.3 Å². The molecular weight excluding hydrogens is 246 g/mol. The van der Waals surface area contributed by atoms with E-state index in [2.05, 4.69) is 24.3 Å². The van der Waals surface area contributed by atoms with E-state index in [0.717, 1.165) is 24.5 Å².